The first kappa shape index (κ1) is 9.21. The van der Waals surface area contributed by atoms with Crippen molar-refractivity contribution in [1.29, 1.82) is 0 Å². The number of sulfonamides is 1. The third-order valence-electron chi connectivity index (χ3n) is 0.936. The predicted molar refractivity (Wildman–Crippen MR) is 45.5 cm³/mol. The van der Waals surface area contributed by atoms with Crippen LogP contribution in [0.5, 0.6) is 0 Å². The first-order chi connectivity index (χ1) is 5.49. The quantitative estimate of drug-likeness (QED) is 0.767. The van der Waals surface area contributed by atoms with Crippen LogP contribution in [0.15, 0.2) is 12.4 Å². The number of nitrogens with zero attached hydrogens (tertiary/aromatic N) is 2. The van der Waals surface area contributed by atoms with Crippen LogP contribution >= 0.6 is 11.6 Å². The molecule has 0 amide bonds. The molecule has 5 nitrogen and oxygen atoms in total. The van der Waals surface area contributed by atoms with Crippen molar-refractivity contribution in [1.82, 2.24) is 9.97 Å². The molecule has 0 aromatic carbocycles. The van der Waals surface area contributed by atoms with Crippen molar-refractivity contribution >= 4 is 27.4 Å². The summed E-state index contributed by atoms with van der Waals surface area (Å²) in [5, 5.41) is 0.0305. The minimum Gasteiger partial charge on any atom is -0.265 e. The Hall–Kier alpha value is -0.880. The molecule has 7 heteroatoms. The van der Waals surface area contributed by atoms with E-state index in [-0.39, 0.29) is 11.0 Å². The molecule has 66 valence electrons. The van der Waals surface area contributed by atoms with E-state index in [0.29, 0.717) is 0 Å². The Morgan fingerprint density at radius 2 is 2.00 bits per heavy atom. The monoisotopic (exact) mass is 207 g/mol. The Labute approximate surface area is 74.8 Å². The summed E-state index contributed by atoms with van der Waals surface area (Å²) in [5.74, 6) is 0.0432. The van der Waals surface area contributed by atoms with Crippen molar-refractivity contribution in [3.8, 4) is 0 Å². The molecule has 0 spiro atoms. The molecule has 0 saturated heterocycles. The summed E-state index contributed by atoms with van der Waals surface area (Å²) in [6.07, 6.45) is 3.73. The molecule has 0 bridgehead atoms. The van der Waals surface area contributed by atoms with Crippen LogP contribution in [-0.4, -0.2) is 24.6 Å². The van der Waals surface area contributed by atoms with Gasteiger partial charge in [-0.15, -0.1) is 0 Å². The molecule has 0 radical (unpaired) electrons. The third kappa shape index (κ3) is 2.63. The fraction of sp³-hybridized carbons (Fsp3) is 0.200. The Morgan fingerprint density at radius 1 is 1.42 bits per heavy atom. The molecule has 1 rings (SSSR count). The Bertz CT molecular complexity index is 378. The lowest BCUT2D eigenvalue weighted by atomic mass is 10.7. The summed E-state index contributed by atoms with van der Waals surface area (Å²) in [6.45, 7) is 0. The van der Waals surface area contributed by atoms with Crippen molar-refractivity contribution in [2.45, 2.75) is 0 Å². The van der Waals surface area contributed by atoms with Crippen molar-refractivity contribution in [2.75, 3.05) is 11.0 Å². The summed E-state index contributed by atoms with van der Waals surface area (Å²) in [6, 6.07) is 0. The van der Waals surface area contributed by atoms with Crippen molar-refractivity contribution in [3.63, 3.8) is 0 Å². The maximum Gasteiger partial charge on any atom is 0.231 e. The van der Waals surface area contributed by atoms with E-state index >= 15 is 0 Å². The largest absolute Gasteiger partial charge is 0.265 e. The van der Waals surface area contributed by atoms with E-state index < -0.39 is 10.0 Å². The van der Waals surface area contributed by atoms with Gasteiger partial charge in [0.25, 0.3) is 0 Å². The van der Waals surface area contributed by atoms with Gasteiger partial charge in [0.05, 0.1) is 6.26 Å². The van der Waals surface area contributed by atoms with Crippen LogP contribution in [0.25, 0.3) is 0 Å². The summed E-state index contributed by atoms with van der Waals surface area (Å²) in [5.41, 5.74) is 0. The van der Waals surface area contributed by atoms with Gasteiger partial charge in [-0.1, -0.05) is 11.6 Å². The normalized spacial score (nSPS) is 11.2. The number of halogens is 1. The van der Waals surface area contributed by atoms with Gasteiger partial charge in [-0.25, -0.2) is 18.4 Å². The van der Waals surface area contributed by atoms with Crippen molar-refractivity contribution < 1.29 is 8.42 Å². The summed E-state index contributed by atoms with van der Waals surface area (Å²) < 4.78 is 23.5. The van der Waals surface area contributed by atoms with Gasteiger partial charge >= 0.3 is 0 Å². The smallest absolute Gasteiger partial charge is 0.231 e. The lowest BCUT2D eigenvalue weighted by Crippen LogP contribution is -2.11. The highest BCUT2D eigenvalue weighted by Crippen LogP contribution is 2.14. The van der Waals surface area contributed by atoms with E-state index in [1.165, 1.54) is 12.4 Å². The second-order valence-corrected chi connectivity index (χ2v) is 4.18. The molecule has 12 heavy (non-hydrogen) atoms. The van der Waals surface area contributed by atoms with Crippen LogP contribution in [-0.2, 0) is 10.0 Å². The average Bonchev–Trinajstić information content (AvgIpc) is 1.91. The highest BCUT2D eigenvalue weighted by Gasteiger charge is 2.06. The molecule has 0 atom stereocenters. The van der Waals surface area contributed by atoms with Crippen molar-refractivity contribution in [3.05, 3.63) is 17.5 Å². The van der Waals surface area contributed by atoms with Crippen LogP contribution in [0.1, 0.15) is 0 Å². The number of nitrogens with one attached hydrogen (secondary N) is 1. The van der Waals surface area contributed by atoms with Crippen molar-refractivity contribution in [2.24, 2.45) is 0 Å². The molecule has 1 aromatic rings. The summed E-state index contributed by atoms with van der Waals surface area (Å²) in [7, 11) is -3.34. The van der Waals surface area contributed by atoms with E-state index in [1.54, 1.807) is 0 Å². The van der Waals surface area contributed by atoms with E-state index in [9.17, 15) is 8.42 Å². The van der Waals surface area contributed by atoms with E-state index in [0.717, 1.165) is 6.26 Å². The molecular formula is C5H6ClN3O2S. The molecule has 1 aromatic heterocycles. The fourth-order valence-corrected chi connectivity index (χ4v) is 1.27. The number of hydrogen-bond acceptors (Lipinski definition) is 4. The number of hydrogen-bond donors (Lipinski definition) is 1. The van der Waals surface area contributed by atoms with Crippen LogP contribution in [0.2, 0.25) is 5.15 Å². The minimum absolute atomic E-state index is 0.0305. The van der Waals surface area contributed by atoms with Gasteiger partial charge in [0.1, 0.15) is 0 Å². The molecular weight excluding hydrogens is 202 g/mol. The number of rotatable bonds is 2. The van der Waals surface area contributed by atoms with Gasteiger partial charge in [0.15, 0.2) is 11.0 Å². The van der Waals surface area contributed by atoms with Gasteiger partial charge in [0, 0.05) is 12.4 Å². The van der Waals surface area contributed by atoms with Gasteiger partial charge in [0.2, 0.25) is 10.0 Å². The lowest BCUT2D eigenvalue weighted by molar-refractivity contribution is 0.606. The molecule has 0 aliphatic heterocycles. The summed E-state index contributed by atoms with van der Waals surface area (Å²) >= 11 is 5.53. The maximum absolute atomic E-state index is 10.7. The number of aromatic nitrogens is 2. The fourth-order valence-electron chi connectivity index (χ4n) is 0.565. The SMILES string of the molecule is CS(=O)(=O)Nc1nccnc1Cl. The lowest BCUT2D eigenvalue weighted by Gasteiger charge is -2.02. The van der Waals surface area contributed by atoms with E-state index in [1.807, 2.05) is 0 Å². The Balaban J connectivity index is 2.98. The molecule has 0 fully saturated rings. The Morgan fingerprint density at radius 3 is 2.50 bits per heavy atom. The molecule has 0 aliphatic rings. The van der Waals surface area contributed by atoms with Crippen LogP contribution < -0.4 is 4.72 Å². The molecule has 1 heterocycles. The minimum atomic E-state index is -3.34. The topological polar surface area (TPSA) is 72.0 Å². The van der Waals surface area contributed by atoms with Gasteiger partial charge in [-0.05, 0) is 0 Å². The van der Waals surface area contributed by atoms with Gasteiger partial charge < -0.3 is 0 Å². The second-order valence-electron chi connectivity index (χ2n) is 2.07. The second kappa shape index (κ2) is 3.24. The molecule has 1 N–H and O–H groups in total. The maximum atomic E-state index is 10.7. The molecule has 0 saturated carbocycles. The first-order valence-electron chi connectivity index (χ1n) is 2.93. The van der Waals surface area contributed by atoms with Crippen LogP contribution in [0.3, 0.4) is 0 Å². The first-order valence-corrected chi connectivity index (χ1v) is 5.20. The van der Waals surface area contributed by atoms with Crippen LogP contribution in [0.4, 0.5) is 5.82 Å². The standard InChI is InChI=1S/C5H6ClN3O2S/c1-12(10,11)9-5-4(6)7-2-3-8-5/h2-3H,1H3,(H,8,9). The molecule has 0 aliphatic carbocycles. The average molecular weight is 208 g/mol. The zero-order valence-electron chi connectivity index (χ0n) is 6.15. The van der Waals surface area contributed by atoms with E-state index in [2.05, 4.69) is 14.7 Å². The van der Waals surface area contributed by atoms with Crippen LogP contribution in [0, 0.1) is 0 Å². The number of anilines is 1. The Kier molecular flexibility index (Phi) is 2.49. The zero-order chi connectivity index (χ0) is 9.19. The molecule has 0 unspecified atom stereocenters. The predicted octanol–water partition coefficient (Wildman–Crippen LogP) is 0.501. The highest BCUT2D eigenvalue weighted by atomic mass is 35.5. The van der Waals surface area contributed by atoms with Gasteiger partial charge in [-0.2, -0.15) is 0 Å². The highest BCUT2D eigenvalue weighted by molar-refractivity contribution is 7.92. The third-order valence-corrected chi connectivity index (χ3v) is 1.78. The summed E-state index contributed by atoms with van der Waals surface area (Å²) in [4.78, 5) is 7.32. The zero-order valence-corrected chi connectivity index (χ0v) is 7.72. The van der Waals surface area contributed by atoms with Gasteiger partial charge in [-0.3, -0.25) is 4.72 Å². The van der Waals surface area contributed by atoms with E-state index in [4.69, 9.17) is 11.6 Å².